The number of thiol groups is 1. The van der Waals surface area contributed by atoms with Crippen molar-refractivity contribution in [2.45, 2.75) is 37.4 Å². The molecule has 2 rings (SSSR count). The first-order chi connectivity index (χ1) is 8.13. The van der Waals surface area contributed by atoms with Crippen LogP contribution >= 0.6 is 24.4 Å². The molecule has 5 heteroatoms. The molecular formula is C12H19NO2S2. The summed E-state index contributed by atoms with van der Waals surface area (Å²) in [5.74, 6) is 2.04. The van der Waals surface area contributed by atoms with Crippen molar-refractivity contribution >= 4 is 36.2 Å². The molecule has 1 aliphatic heterocycles. The number of nitrogens with one attached hydrogen (secondary N) is 1. The molecule has 2 amide bonds. The van der Waals surface area contributed by atoms with E-state index >= 15 is 0 Å². The van der Waals surface area contributed by atoms with Gasteiger partial charge >= 0.3 is 0 Å². The zero-order valence-electron chi connectivity index (χ0n) is 10.1. The number of hydrogen-bond donors (Lipinski definition) is 2. The SMILES string of the molecule is C[C@@H]1C[C@@H]2C(=O)NC(=O)[C@]12SCCCCCS. The number of hydrogen-bond acceptors (Lipinski definition) is 4. The van der Waals surface area contributed by atoms with Crippen LogP contribution in [0.3, 0.4) is 0 Å². The molecule has 96 valence electrons. The Labute approximate surface area is 112 Å². The van der Waals surface area contributed by atoms with E-state index in [1.165, 1.54) is 0 Å². The highest BCUT2D eigenvalue weighted by atomic mass is 32.2. The fraction of sp³-hybridized carbons (Fsp3) is 0.833. The number of thioether (sulfide) groups is 1. The average molecular weight is 273 g/mol. The molecule has 2 fully saturated rings. The maximum atomic E-state index is 11.9. The van der Waals surface area contributed by atoms with Gasteiger partial charge in [-0.15, -0.1) is 11.8 Å². The van der Waals surface area contributed by atoms with E-state index in [2.05, 4.69) is 24.9 Å². The molecule has 17 heavy (non-hydrogen) atoms. The minimum absolute atomic E-state index is 0.0505. The first-order valence-electron chi connectivity index (χ1n) is 6.23. The summed E-state index contributed by atoms with van der Waals surface area (Å²) < 4.78 is -0.432. The maximum absolute atomic E-state index is 11.9. The van der Waals surface area contributed by atoms with Gasteiger partial charge < -0.3 is 0 Å². The zero-order valence-corrected chi connectivity index (χ0v) is 11.8. The highest BCUT2D eigenvalue weighted by Crippen LogP contribution is 2.56. The van der Waals surface area contributed by atoms with Crippen LogP contribution in [0.5, 0.6) is 0 Å². The van der Waals surface area contributed by atoms with E-state index in [-0.39, 0.29) is 17.7 Å². The van der Waals surface area contributed by atoms with Crippen LogP contribution in [0.2, 0.25) is 0 Å². The Morgan fingerprint density at radius 1 is 1.41 bits per heavy atom. The van der Waals surface area contributed by atoms with E-state index in [0.29, 0.717) is 5.92 Å². The van der Waals surface area contributed by atoms with Crippen LogP contribution in [0.15, 0.2) is 0 Å². The lowest BCUT2D eigenvalue weighted by Crippen LogP contribution is -2.54. The van der Waals surface area contributed by atoms with E-state index in [4.69, 9.17) is 0 Å². The van der Waals surface area contributed by atoms with Gasteiger partial charge in [-0.3, -0.25) is 14.9 Å². The number of imide groups is 1. The molecule has 1 N–H and O–H groups in total. The van der Waals surface area contributed by atoms with E-state index in [9.17, 15) is 9.59 Å². The predicted octanol–water partition coefficient (Wildman–Crippen LogP) is 1.87. The summed E-state index contributed by atoms with van der Waals surface area (Å²) in [6.07, 6.45) is 4.25. The van der Waals surface area contributed by atoms with E-state index in [1.807, 2.05) is 0 Å². The molecular weight excluding hydrogens is 254 g/mol. The zero-order chi connectivity index (χ0) is 12.5. The van der Waals surface area contributed by atoms with Crippen LogP contribution < -0.4 is 5.32 Å². The number of rotatable bonds is 6. The topological polar surface area (TPSA) is 46.2 Å². The molecule has 0 aromatic carbocycles. The first kappa shape index (κ1) is 13.3. The van der Waals surface area contributed by atoms with Crippen molar-refractivity contribution in [3.63, 3.8) is 0 Å². The van der Waals surface area contributed by atoms with E-state index in [1.54, 1.807) is 11.8 Å². The minimum atomic E-state index is -0.432. The number of unbranched alkanes of at least 4 members (excludes halogenated alkanes) is 2. The Kier molecular flexibility index (Phi) is 4.08. The standard InChI is InChI=1S/C12H19NO2S2/c1-8-7-9-10(14)13-11(15)12(8,9)17-6-4-2-3-5-16/h8-9,16H,2-7H2,1H3,(H,13,14,15)/t8-,9-,12+/m1/s1. The first-order valence-corrected chi connectivity index (χ1v) is 7.85. The molecule has 0 bridgehead atoms. The van der Waals surface area contributed by atoms with Gasteiger partial charge in [0.2, 0.25) is 11.8 Å². The van der Waals surface area contributed by atoms with Crippen LogP contribution in [0.25, 0.3) is 0 Å². The number of carbonyl (C=O) groups is 2. The van der Waals surface area contributed by atoms with Crippen molar-refractivity contribution in [2.75, 3.05) is 11.5 Å². The highest BCUT2D eigenvalue weighted by Gasteiger charge is 2.65. The quantitative estimate of drug-likeness (QED) is 0.441. The normalized spacial score (nSPS) is 35.4. The van der Waals surface area contributed by atoms with Crippen LogP contribution in [-0.2, 0) is 9.59 Å². The van der Waals surface area contributed by atoms with Gasteiger partial charge in [0.05, 0.1) is 5.92 Å². The molecule has 0 aromatic rings. The van der Waals surface area contributed by atoms with Gasteiger partial charge in [-0.1, -0.05) is 13.3 Å². The van der Waals surface area contributed by atoms with Crippen molar-refractivity contribution in [3.8, 4) is 0 Å². The monoisotopic (exact) mass is 273 g/mol. The van der Waals surface area contributed by atoms with Crippen molar-refractivity contribution in [2.24, 2.45) is 11.8 Å². The number of amides is 2. The fourth-order valence-corrected chi connectivity index (χ4v) is 4.68. The van der Waals surface area contributed by atoms with Gasteiger partial charge in [0, 0.05) is 0 Å². The lowest BCUT2D eigenvalue weighted by atomic mass is 9.66. The summed E-state index contributed by atoms with van der Waals surface area (Å²) in [4.78, 5) is 23.5. The summed E-state index contributed by atoms with van der Waals surface area (Å²) in [5.41, 5.74) is 0. The summed E-state index contributed by atoms with van der Waals surface area (Å²) in [6, 6.07) is 0. The minimum Gasteiger partial charge on any atom is -0.295 e. The van der Waals surface area contributed by atoms with Gasteiger partial charge in [-0.05, 0) is 36.7 Å². The second-order valence-corrected chi connectivity index (χ2v) is 6.75. The Hall–Kier alpha value is -0.160. The molecule has 1 aliphatic carbocycles. The smallest absolute Gasteiger partial charge is 0.243 e. The Morgan fingerprint density at radius 3 is 2.76 bits per heavy atom. The van der Waals surface area contributed by atoms with Gasteiger partial charge in [0.25, 0.3) is 0 Å². The second-order valence-electron chi connectivity index (χ2n) is 4.93. The van der Waals surface area contributed by atoms with E-state index in [0.717, 1.165) is 37.2 Å². The third-order valence-electron chi connectivity index (χ3n) is 3.89. The van der Waals surface area contributed by atoms with Gasteiger partial charge in [-0.2, -0.15) is 12.6 Å². The molecule has 0 unspecified atom stereocenters. The molecule has 3 atom stereocenters. The lowest BCUT2D eigenvalue weighted by molar-refractivity contribution is -0.125. The van der Waals surface area contributed by atoms with E-state index < -0.39 is 4.75 Å². The molecule has 0 aromatic heterocycles. The Bertz CT molecular complexity index is 334. The van der Waals surface area contributed by atoms with Gasteiger partial charge in [0.15, 0.2) is 0 Å². The van der Waals surface area contributed by atoms with Crippen molar-refractivity contribution < 1.29 is 9.59 Å². The molecule has 3 nitrogen and oxygen atoms in total. The fourth-order valence-electron chi connectivity index (χ4n) is 2.81. The molecule has 0 radical (unpaired) electrons. The van der Waals surface area contributed by atoms with Crippen LogP contribution in [0, 0.1) is 11.8 Å². The third-order valence-corrected chi connectivity index (χ3v) is 6.05. The van der Waals surface area contributed by atoms with Crippen LogP contribution in [0.4, 0.5) is 0 Å². The Balaban J connectivity index is 1.89. The summed E-state index contributed by atoms with van der Waals surface area (Å²) >= 11 is 5.87. The summed E-state index contributed by atoms with van der Waals surface area (Å²) in [5, 5.41) is 2.49. The van der Waals surface area contributed by atoms with Gasteiger partial charge in [0.1, 0.15) is 4.75 Å². The van der Waals surface area contributed by atoms with Crippen molar-refractivity contribution in [3.05, 3.63) is 0 Å². The van der Waals surface area contributed by atoms with Crippen LogP contribution in [-0.4, -0.2) is 28.1 Å². The lowest BCUT2D eigenvalue weighted by Gasteiger charge is -2.46. The van der Waals surface area contributed by atoms with Crippen LogP contribution in [0.1, 0.15) is 32.6 Å². The number of carbonyl (C=O) groups excluding carboxylic acids is 2. The molecule has 1 heterocycles. The second kappa shape index (κ2) is 5.22. The molecule has 0 spiro atoms. The average Bonchev–Trinajstić information content (AvgIpc) is 2.47. The predicted molar refractivity (Wildman–Crippen MR) is 73.3 cm³/mol. The highest BCUT2D eigenvalue weighted by molar-refractivity contribution is 8.01. The van der Waals surface area contributed by atoms with Crippen molar-refractivity contribution in [1.82, 2.24) is 5.32 Å². The summed E-state index contributed by atoms with van der Waals surface area (Å²) in [6.45, 7) is 2.08. The molecule has 1 saturated heterocycles. The van der Waals surface area contributed by atoms with Crippen molar-refractivity contribution in [1.29, 1.82) is 0 Å². The maximum Gasteiger partial charge on any atom is 0.243 e. The Morgan fingerprint density at radius 2 is 2.18 bits per heavy atom. The molecule has 2 aliphatic rings. The van der Waals surface area contributed by atoms with Gasteiger partial charge in [-0.25, -0.2) is 0 Å². The summed E-state index contributed by atoms with van der Waals surface area (Å²) in [7, 11) is 0. The molecule has 1 saturated carbocycles. The number of fused-ring (bicyclic) bond motifs is 1. The largest absolute Gasteiger partial charge is 0.295 e. The third kappa shape index (κ3) is 2.12.